The van der Waals surface area contributed by atoms with E-state index in [0.717, 1.165) is 39.5 Å². The van der Waals surface area contributed by atoms with Crippen LogP contribution < -0.4 is 10.1 Å². The Morgan fingerprint density at radius 1 is 1.11 bits per heavy atom. The highest BCUT2D eigenvalue weighted by molar-refractivity contribution is 8.18. The summed E-state index contributed by atoms with van der Waals surface area (Å²) >= 11 is 0.865. The maximum atomic E-state index is 13.0. The Bertz CT molecular complexity index is 1290. The number of imide groups is 1. The number of benzene rings is 2. The number of aromatic nitrogens is 1. The maximum Gasteiger partial charge on any atom is 0.293 e. The quantitative estimate of drug-likeness (QED) is 0.309. The summed E-state index contributed by atoms with van der Waals surface area (Å²) in [5, 5.41) is 3.36. The highest BCUT2D eigenvalue weighted by Gasteiger charge is 2.35. The van der Waals surface area contributed by atoms with E-state index < -0.39 is 5.91 Å². The van der Waals surface area contributed by atoms with E-state index in [2.05, 4.69) is 5.32 Å². The lowest BCUT2D eigenvalue weighted by molar-refractivity contribution is -0.123. The summed E-state index contributed by atoms with van der Waals surface area (Å²) < 4.78 is 25.4. The molecule has 36 heavy (non-hydrogen) atoms. The summed E-state index contributed by atoms with van der Waals surface area (Å²) in [5.41, 5.74) is 1.59. The van der Waals surface area contributed by atoms with Crippen LogP contribution in [-0.2, 0) is 20.9 Å². The van der Waals surface area contributed by atoms with Crippen LogP contribution in [-0.4, -0.2) is 59.9 Å². The molecule has 188 valence electrons. The molecule has 0 saturated carbocycles. The van der Waals surface area contributed by atoms with E-state index in [-0.39, 0.29) is 36.7 Å². The van der Waals surface area contributed by atoms with Gasteiger partial charge in [0.1, 0.15) is 24.7 Å². The summed E-state index contributed by atoms with van der Waals surface area (Å²) in [4.78, 5) is 39.3. The first-order chi connectivity index (χ1) is 17.5. The van der Waals surface area contributed by atoms with Gasteiger partial charge in [-0.25, -0.2) is 4.39 Å². The van der Waals surface area contributed by atoms with Crippen LogP contribution in [0, 0.1) is 5.82 Å². The fourth-order valence-electron chi connectivity index (χ4n) is 3.80. The number of ether oxygens (including phenoxy) is 2. The van der Waals surface area contributed by atoms with Gasteiger partial charge in [-0.2, -0.15) is 0 Å². The number of para-hydroxylation sites is 1. The van der Waals surface area contributed by atoms with Crippen LogP contribution in [0.15, 0.2) is 59.6 Å². The van der Waals surface area contributed by atoms with Crippen molar-refractivity contribution in [3.8, 4) is 5.75 Å². The van der Waals surface area contributed by atoms with E-state index in [1.54, 1.807) is 13.2 Å². The average molecular weight is 512 g/mol. The molecule has 1 aliphatic heterocycles. The first-order valence-electron chi connectivity index (χ1n) is 11.4. The number of hydrogen-bond acceptors (Lipinski definition) is 6. The highest BCUT2D eigenvalue weighted by atomic mass is 32.2. The van der Waals surface area contributed by atoms with Crippen molar-refractivity contribution in [1.29, 1.82) is 0 Å². The summed E-state index contributed by atoms with van der Waals surface area (Å²) in [5.74, 6) is -0.447. The summed E-state index contributed by atoms with van der Waals surface area (Å²) in [6, 6.07) is 13.1. The molecule has 1 saturated heterocycles. The molecule has 0 aliphatic carbocycles. The zero-order valence-corrected chi connectivity index (χ0v) is 20.6. The second-order valence-electron chi connectivity index (χ2n) is 8.06. The van der Waals surface area contributed by atoms with Crippen LogP contribution in [0.1, 0.15) is 12.0 Å². The number of fused-ring (bicyclic) bond motifs is 1. The van der Waals surface area contributed by atoms with Crippen molar-refractivity contribution in [3.05, 3.63) is 71.0 Å². The second kappa shape index (κ2) is 11.9. The van der Waals surface area contributed by atoms with Crippen LogP contribution in [0.3, 0.4) is 0 Å². The minimum atomic E-state index is -0.402. The topological polar surface area (TPSA) is 89.9 Å². The van der Waals surface area contributed by atoms with Crippen LogP contribution in [0.25, 0.3) is 17.0 Å². The van der Waals surface area contributed by atoms with Crippen molar-refractivity contribution in [2.75, 3.05) is 33.4 Å². The molecular weight excluding hydrogens is 485 g/mol. The largest absolute Gasteiger partial charge is 0.492 e. The predicted molar refractivity (Wildman–Crippen MR) is 136 cm³/mol. The Balaban J connectivity index is 1.44. The number of amides is 3. The van der Waals surface area contributed by atoms with E-state index in [0.29, 0.717) is 23.8 Å². The van der Waals surface area contributed by atoms with Crippen LogP contribution >= 0.6 is 11.8 Å². The Hall–Kier alpha value is -3.63. The molecule has 2 heterocycles. The molecule has 2 aromatic carbocycles. The number of nitrogens with zero attached hydrogens (tertiary/aromatic N) is 2. The molecule has 3 aromatic rings. The van der Waals surface area contributed by atoms with E-state index in [9.17, 15) is 18.8 Å². The molecule has 4 rings (SSSR count). The SMILES string of the molecule is COCCCNC(=O)Cn1cc(/C=C2\SC(=O)N(CCOc3ccc(F)cc3)C2=O)c2ccccc21. The van der Waals surface area contributed by atoms with Crippen molar-refractivity contribution < 1.29 is 28.2 Å². The van der Waals surface area contributed by atoms with Crippen LogP contribution in [0.4, 0.5) is 9.18 Å². The molecular formula is C26H26FN3O5S. The summed E-state index contributed by atoms with van der Waals surface area (Å²) in [6.45, 7) is 1.39. The fraction of sp³-hybridized carbons (Fsp3) is 0.269. The first-order valence-corrected chi connectivity index (χ1v) is 12.2. The molecule has 1 aliphatic rings. The van der Waals surface area contributed by atoms with Gasteiger partial charge < -0.3 is 19.4 Å². The smallest absolute Gasteiger partial charge is 0.293 e. The zero-order chi connectivity index (χ0) is 25.5. The number of nitrogens with one attached hydrogen (secondary N) is 1. The lowest BCUT2D eigenvalue weighted by Gasteiger charge is -2.13. The Morgan fingerprint density at radius 2 is 1.89 bits per heavy atom. The Morgan fingerprint density at radius 3 is 2.67 bits per heavy atom. The second-order valence-corrected chi connectivity index (χ2v) is 9.05. The van der Waals surface area contributed by atoms with Gasteiger partial charge in [0, 0.05) is 42.9 Å². The van der Waals surface area contributed by atoms with E-state index in [4.69, 9.17) is 9.47 Å². The van der Waals surface area contributed by atoms with E-state index in [1.165, 1.54) is 24.3 Å². The van der Waals surface area contributed by atoms with Gasteiger partial charge in [0.05, 0.1) is 11.4 Å². The normalized spacial score (nSPS) is 14.7. The first kappa shape index (κ1) is 25.5. The Labute approximate surface area is 212 Å². The fourth-order valence-corrected chi connectivity index (χ4v) is 4.65. The number of rotatable bonds is 11. The number of thioether (sulfide) groups is 1. The zero-order valence-electron chi connectivity index (χ0n) is 19.7. The highest BCUT2D eigenvalue weighted by Crippen LogP contribution is 2.34. The molecule has 0 spiro atoms. The molecule has 1 N–H and O–H groups in total. The monoisotopic (exact) mass is 511 g/mol. The lowest BCUT2D eigenvalue weighted by Crippen LogP contribution is -2.32. The van der Waals surface area contributed by atoms with Gasteiger partial charge in [-0.3, -0.25) is 19.3 Å². The van der Waals surface area contributed by atoms with Crippen LogP contribution in [0.2, 0.25) is 0 Å². The minimum Gasteiger partial charge on any atom is -0.492 e. The molecule has 1 aromatic heterocycles. The molecule has 0 unspecified atom stereocenters. The third-order valence-electron chi connectivity index (χ3n) is 5.54. The Kier molecular flexibility index (Phi) is 8.40. The summed E-state index contributed by atoms with van der Waals surface area (Å²) in [6.07, 6.45) is 4.22. The minimum absolute atomic E-state index is 0.0738. The van der Waals surface area contributed by atoms with Gasteiger partial charge in [-0.15, -0.1) is 0 Å². The molecule has 8 nitrogen and oxygen atoms in total. The van der Waals surface area contributed by atoms with Crippen molar-refractivity contribution in [2.45, 2.75) is 13.0 Å². The van der Waals surface area contributed by atoms with Crippen molar-refractivity contribution >= 4 is 45.8 Å². The van der Waals surface area contributed by atoms with E-state index in [1.807, 2.05) is 35.0 Å². The number of carbonyl (C=O) groups is 3. The third-order valence-corrected chi connectivity index (χ3v) is 6.45. The van der Waals surface area contributed by atoms with Gasteiger partial charge in [0.15, 0.2) is 0 Å². The standard InChI is InChI=1S/C26H26FN3O5S/c1-34-13-4-11-28-24(31)17-29-16-18(21-5-2-3-6-22(21)29)15-23-25(32)30(26(33)36-23)12-14-35-20-9-7-19(27)8-10-20/h2-3,5-10,15-16H,4,11-14,17H2,1H3,(H,28,31)/b23-15-. The average Bonchev–Trinajstić information content (AvgIpc) is 3.34. The van der Waals surface area contributed by atoms with Crippen molar-refractivity contribution in [3.63, 3.8) is 0 Å². The van der Waals surface area contributed by atoms with Gasteiger partial charge in [0.25, 0.3) is 11.1 Å². The lowest BCUT2D eigenvalue weighted by atomic mass is 10.1. The number of hydrogen-bond donors (Lipinski definition) is 1. The van der Waals surface area contributed by atoms with Gasteiger partial charge in [-0.1, -0.05) is 18.2 Å². The predicted octanol–water partition coefficient (Wildman–Crippen LogP) is 4.05. The molecule has 3 amide bonds. The van der Waals surface area contributed by atoms with Gasteiger partial charge >= 0.3 is 0 Å². The number of carbonyl (C=O) groups excluding carboxylic acids is 3. The van der Waals surface area contributed by atoms with Gasteiger partial charge in [-0.05, 0) is 54.6 Å². The molecule has 1 fully saturated rings. The third kappa shape index (κ3) is 6.13. The van der Waals surface area contributed by atoms with Crippen LogP contribution in [0.5, 0.6) is 5.75 Å². The maximum absolute atomic E-state index is 13.0. The van der Waals surface area contributed by atoms with E-state index >= 15 is 0 Å². The summed E-state index contributed by atoms with van der Waals surface area (Å²) in [7, 11) is 1.62. The molecule has 0 atom stereocenters. The van der Waals surface area contributed by atoms with Crippen molar-refractivity contribution in [2.24, 2.45) is 0 Å². The molecule has 0 bridgehead atoms. The number of methoxy groups -OCH3 is 1. The number of halogens is 1. The van der Waals surface area contributed by atoms with Gasteiger partial charge in [0.2, 0.25) is 5.91 Å². The van der Waals surface area contributed by atoms with Crippen molar-refractivity contribution in [1.82, 2.24) is 14.8 Å². The molecule has 10 heteroatoms. The molecule has 0 radical (unpaired) electrons.